The van der Waals surface area contributed by atoms with E-state index in [1.807, 2.05) is 0 Å². The summed E-state index contributed by atoms with van der Waals surface area (Å²) in [7, 11) is 0. The van der Waals surface area contributed by atoms with Gasteiger partial charge in [0, 0.05) is 28.2 Å². The number of hydrogen-bond donors (Lipinski definition) is 0. The predicted molar refractivity (Wildman–Crippen MR) is 89.2 cm³/mol. The third-order valence-corrected chi connectivity index (χ3v) is 4.38. The molecule has 0 amide bonds. The van der Waals surface area contributed by atoms with Crippen LogP contribution in [0.5, 0.6) is 5.75 Å². The maximum absolute atomic E-state index is 12.3. The highest BCUT2D eigenvalue weighted by atomic mass is 79.9. The molecule has 8 heteroatoms. The molecule has 0 spiro atoms. The Hall–Kier alpha value is -2.38. The summed E-state index contributed by atoms with van der Waals surface area (Å²) in [6, 6.07) is 10.5. The van der Waals surface area contributed by atoms with Crippen LogP contribution in [0.25, 0.3) is 10.9 Å². The van der Waals surface area contributed by atoms with Gasteiger partial charge in [-0.2, -0.15) is 0 Å². The van der Waals surface area contributed by atoms with Crippen molar-refractivity contribution >= 4 is 50.2 Å². The average molecular weight is 396 g/mol. The van der Waals surface area contributed by atoms with Crippen molar-refractivity contribution in [3.63, 3.8) is 0 Å². The molecule has 116 valence electrons. The molecule has 6 nitrogen and oxygen atoms in total. The molecule has 0 radical (unpaired) electrons. The summed E-state index contributed by atoms with van der Waals surface area (Å²) in [5.74, 6) is 0.214. The maximum Gasteiger partial charge on any atom is 0.423 e. The third kappa shape index (κ3) is 3.06. The van der Waals surface area contributed by atoms with Crippen LogP contribution < -0.4 is 4.74 Å². The molecule has 2 aromatic carbocycles. The highest BCUT2D eigenvalue weighted by Crippen LogP contribution is 2.29. The van der Waals surface area contributed by atoms with Crippen LogP contribution in [-0.4, -0.2) is 15.6 Å². The molecule has 0 aliphatic heterocycles. The maximum atomic E-state index is 12.3. The van der Waals surface area contributed by atoms with Gasteiger partial charge >= 0.3 is 6.09 Å². The number of hydrogen-bond acceptors (Lipinski definition) is 4. The fourth-order valence-corrected chi connectivity index (χ4v) is 2.59. The van der Waals surface area contributed by atoms with Crippen molar-refractivity contribution in [3.8, 4) is 5.75 Å². The normalized spacial score (nSPS) is 10.7. The molecule has 0 N–H and O–H groups in total. The van der Waals surface area contributed by atoms with E-state index in [1.54, 1.807) is 24.4 Å². The van der Waals surface area contributed by atoms with Crippen molar-refractivity contribution in [2.24, 2.45) is 0 Å². The number of nitrogens with zero attached hydrogens (tertiary/aromatic N) is 2. The Morgan fingerprint density at radius 2 is 1.91 bits per heavy atom. The summed E-state index contributed by atoms with van der Waals surface area (Å²) in [5, 5.41) is 11.9. The topological polar surface area (TPSA) is 74.4 Å². The molecule has 23 heavy (non-hydrogen) atoms. The highest BCUT2D eigenvalue weighted by molar-refractivity contribution is 9.10. The second kappa shape index (κ2) is 6.02. The standard InChI is InChI=1S/C15H8BrClN2O4/c16-12-7-9-5-6-18(14(9)8-13(12)17)15(20)23-11-3-1-10(2-4-11)19(21)22/h1-8H. The summed E-state index contributed by atoms with van der Waals surface area (Å²) in [6.45, 7) is 0. The Morgan fingerprint density at radius 3 is 2.57 bits per heavy atom. The zero-order chi connectivity index (χ0) is 16.6. The number of aromatic nitrogens is 1. The summed E-state index contributed by atoms with van der Waals surface area (Å²) in [4.78, 5) is 22.3. The summed E-state index contributed by atoms with van der Waals surface area (Å²) < 4.78 is 7.26. The second-order valence-electron chi connectivity index (χ2n) is 4.63. The smallest absolute Gasteiger partial charge is 0.410 e. The van der Waals surface area contributed by atoms with Gasteiger partial charge in [0.2, 0.25) is 0 Å². The number of rotatable bonds is 2. The first-order valence-electron chi connectivity index (χ1n) is 6.38. The number of nitro benzene ring substituents is 1. The summed E-state index contributed by atoms with van der Waals surface area (Å²) in [5.41, 5.74) is 0.526. The largest absolute Gasteiger partial charge is 0.423 e. The quantitative estimate of drug-likeness (QED) is 0.451. The van der Waals surface area contributed by atoms with Crippen LogP contribution in [0, 0.1) is 10.1 Å². The number of carbonyl (C=O) groups excluding carboxylic acids is 1. The Balaban J connectivity index is 1.88. The number of fused-ring (bicyclic) bond motifs is 1. The minimum Gasteiger partial charge on any atom is -0.410 e. The first kappa shape index (κ1) is 15.5. The van der Waals surface area contributed by atoms with Gasteiger partial charge in [-0.05, 0) is 46.3 Å². The van der Waals surface area contributed by atoms with Crippen LogP contribution in [-0.2, 0) is 0 Å². The van der Waals surface area contributed by atoms with E-state index >= 15 is 0 Å². The number of nitro groups is 1. The van der Waals surface area contributed by atoms with E-state index in [1.165, 1.54) is 28.8 Å². The van der Waals surface area contributed by atoms with Crippen molar-refractivity contribution in [2.75, 3.05) is 0 Å². The van der Waals surface area contributed by atoms with Gasteiger partial charge < -0.3 is 4.74 Å². The zero-order valence-corrected chi connectivity index (χ0v) is 13.7. The minimum absolute atomic E-state index is 0.0761. The predicted octanol–water partition coefficient (Wildman–Crippen LogP) is 5.01. The SMILES string of the molecule is O=C(Oc1ccc([N+](=O)[O-])cc1)n1ccc2cc(Br)c(Cl)cc21. The lowest BCUT2D eigenvalue weighted by Crippen LogP contribution is -2.15. The lowest BCUT2D eigenvalue weighted by molar-refractivity contribution is -0.384. The third-order valence-electron chi connectivity index (χ3n) is 3.18. The van der Waals surface area contributed by atoms with Crippen molar-refractivity contribution in [1.29, 1.82) is 0 Å². The fraction of sp³-hybridized carbons (Fsp3) is 0. The second-order valence-corrected chi connectivity index (χ2v) is 5.89. The van der Waals surface area contributed by atoms with Gasteiger partial charge in [0.05, 0.1) is 15.5 Å². The Kier molecular flexibility index (Phi) is 4.06. The Bertz CT molecular complexity index is 921. The molecule has 0 saturated heterocycles. The molecule has 1 aromatic heterocycles. The van der Waals surface area contributed by atoms with Crippen LogP contribution >= 0.6 is 27.5 Å². The molecule has 3 rings (SSSR count). The Morgan fingerprint density at radius 1 is 1.22 bits per heavy atom. The van der Waals surface area contributed by atoms with Crippen LogP contribution in [0.1, 0.15) is 0 Å². The highest BCUT2D eigenvalue weighted by Gasteiger charge is 2.14. The number of carbonyl (C=O) groups is 1. The van der Waals surface area contributed by atoms with E-state index < -0.39 is 11.0 Å². The van der Waals surface area contributed by atoms with Crippen molar-refractivity contribution in [3.05, 3.63) is 68.3 Å². The van der Waals surface area contributed by atoms with Gasteiger partial charge in [-0.1, -0.05) is 11.6 Å². The molecule has 3 aromatic rings. The first-order chi connectivity index (χ1) is 11.0. The van der Waals surface area contributed by atoms with E-state index in [0.717, 1.165) is 9.86 Å². The molecule has 0 aliphatic rings. The number of halogens is 2. The molecular weight excluding hydrogens is 388 g/mol. The zero-order valence-electron chi connectivity index (χ0n) is 11.4. The summed E-state index contributed by atoms with van der Waals surface area (Å²) >= 11 is 9.37. The van der Waals surface area contributed by atoms with Gasteiger partial charge in [-0.25, -0.2) is 4.79 Å². The van der Waals surface area contributed by atoms with Gasteiger partial charge in [-0.3, -0.25) is 14.7 Å². The number of benzene rings is 2. The molecule has 0 unspecified atom stereocenters. The van der Waals surface area contributed by atoms with Gasteiger partial charge in [0.1, 0.15) is 5.75 Å². The van der Waals surface area contributed by atoms with E-state index in [9.17, 15) is 14.9 Å². The Labute approximate surface area is 143 Å². The van der Waals surface area contributed by atoms with Crippen LogP contribution in [0.2, 0.25) is 5.02 Å². The molecule has 1 heterocycles. The van der Waals surface area contributed by atoms with E-state index in [-0.39, 0.29) is 11.4 Å². The molecule has 0 aliphatic carbocycles. The van der Waals surface area contributed by atoms with Crippen molar-refractivity contribution in [2.45, 2.75) is 0 Å². The summed E-state index contributed by atoms with van der Waals surface area (Å²) in [6.07, 6.45) is 0.938. The monoisotopic (exact) mass is 394 g/mol. The van der Waals surface area contributed by atoms with Crippen molar-refractivity contribution in [1.82, 2.24) is 4.57 Å². The lowest BCUT2D eigenvalue weighted by Gasteiger charge is -2.06. The van der Waals surface area contributed by atoms with Crippen LogP contribution in [0.4, 0.5) is 10.5 Å². The fourth-order valence-electron chi connectivity index (χ4n) is 2.07. The molecular formula is C15H8BrClN2O4. The molecule has 0 saturated carbocycles. The molecule has 0 bridgehead atoms. The van der Waals surface area contributed by atoms with Crippen LogP contribution in [0.15, 0.2) is 53.1 Å². The van der Waals surface area contributed by atoms with Gasteiger partial charge in [0.25, 0.3) is 5.69 Å². The van der Waals surface area contributed by atoms with Crippen LogP contribution in [0.3, 0.4) is 0 Å². The van der Waals surface area contributed by atoms with Gasteiger partial charge in [-0.15, -0.1) is 0 Å². The number of non-ortho nitro benzene ring substituents is 1. The average Bonchev–Trinajstić information content (AvgIpc) is 2.91. The lowest BCUT2D eigenvalue weighted by atomic mass is 10.2. The molecule has 0 fully saturated rings. The van der Waals surface area contributed by atoms with E-state index in [4.69, 9.17) is 16.3 Å². The molecule has 0 atom stereocenters. The van der Waals surface area contributed by atoms with E-state index in [0.29, 0.717) is 10.5 Å². The first-order valence-corrected chi connectivity index (χ1v) is 7.55. The minimum atomic E-state index is -0.632. The number of ether oxygens (including phenoxy) is 1. The van der Waals surface area contributed by atoms with Gasteiger partial charge in [0.15, 0.2) is 0 Å². The van der Waals surface area contributed by atoms with Crippen molar-refractivity contribution < 1.29 is 14.5 Å². The van der Waals surface area contributed by atoms with E-state index in [2.05, 4.69) is 15.9 Å².